The summed E-state index contributed by atoms with van der Waals surface area (Å²) in [6.07, 6.45) is 3.95. The topological polar surface area (TPSA) is 83.6 Å². The zero-order valence-corrected chi connectivity index (χ0v) is 20.5. The first kappa shape index (κ1) is 24.0. The van der Waals surface area contributed by atoms with Crippen molar-refractivity contribution in [2.24, 2.45) is 5.41 Å². The normalized spacial score (nSPS) is 14.9. The number of aliphatic carboxylic acids is 1. The van der Waals surface area contributed by atoms with Crippen LogP contribution in [0.1, 0.15) is 54.2 Å². The highest BCUT2D eigenvalue weighted by Crippen LogP contribution is 2.48. The van der Waals surface area contributed by atoms with E-state index in [1.54, 1.807) is 0 Å². The molecule has 1 unspecified atom stereocenters. The Morgan fingerprint density at radius 3 is 2.17 bits per heavy atom. The van der Waals surface area contributed by atoms with E-state index in [0.717, 1.165) is 70.5 Å². The number of aryl methyl sites for hydroxylation is 1. The Hall–Kier alpha value is -3.70. The summed E-state index contributed by atoms with van der Waals surface area (Å²) in [6, 6.07) is 26.2. The van der Waals surface area contributed by atoms with Crippen molar-refractivity contribution in [3.63, 3.8) is 0 Å². The summed E-state index contributed by atoms with van der Waals surface area (Å²) in [5.74, 6) is 0.101. The molecule has 1 heterocycles. The van der Waals surface area contributed by atoms with Crippen LogP contribution in [0.2, 0.25) is 0 Å². The number of carbonyl (C=O) groups is 1. The predicted octanol–water partition coefficient (Wildman–Crippen LogP) is 6.78. The monoisotopic (exact) mass is 481 g/mol. The van der Waals surface area contributed by atoms with Crippen LogP contribution < -0.4 is 0 Å². The van der Waals surface area contributed by atoms with Crippen molar-refractivity contribution in [2.45, 2.75) is 51.6 Å². The zero-order valence-electron chi connectivity index (χ0n) is 20.5. The van der Waals surface area contributed by atoms with Crippen LogP contribution in [-0.2, 0) is 17.6 Å². The lowest BCUT2D eigenvalue weighted by atomic mass is 9.94. The molecule has 5 heteroatoms. The molecule has 1 atom stereocenters. The molecule has 1 fully saturated rings. The molecule has 0 spiro atoms. The van der Waals surface area contributed by atoms with Crippen LogP contribution in [0.4, 0.5) is 0 Å². The SMILES string of the molecule is Cc1noc(-c2ccc(-c3ccc(CC4(C(=O)O)CC4)cc3)cc2)c1CCCC(O)c1ccccc1. The molecule has 5 nitrogen and oxygen atoms in total. The maximum Gasteiger partial charge on any atom is 0.309 e. The molecule has 0 amide bonds. The van der Waals surface area contributed by atoms with E-state index in [1.807, 2.05) is 49.4 Å². The fourth-order valence-electron chi connectivity index (χ4n) is 4.86. The Bertz CT molecular complexity index is 1320. The number of aliphatic hydroxyl groups excluding tert-OH is 1. The molecule has 5 rings (SSSR count). The van der Waals surface area contributed by atoms with Crippen LogP contribution in [0.25, 0.3) is 22.5 Å². The minimum Gasteiger partial charge on any atom is -0.481 e. The highest BCUT2D eigenvalue weighted by atomic mass is 16.5. The van der Waals surface area contributed by atoms with Crippen molar-refractivity contribution in [3.05, 3.63) is 101 Å². The predicted molar refractivity (Wildman–Crippen MR) is 139 cm³/mol. The van der Waals surface area contributed by atoms with Gasteiger partial charge in [0.1, 0.15) is 0 Å². The van der Waals surface area contributed by atoms with E-state index < -0.39 is 17.5 Å². The van der Waals surface area contributed by atoms with Crippen LogP contribution >= 0.6 is 0 Å². The highest BCUT2D eigenvalue weighted by Gasteiger charge is 2.49. The molecule has 1 aliphatic carbocycles. The number of carboxylic acids is 1. The molecule has 0 bridgehead atoms. The first-order valence-corrected chi connectivity index (χ1v) is 12.6. The minimum atomic E-state index is -0.684. The third-order valence-corrected chi connectivity index (χ3v) is 7.36. The number of carboxylic acid groups (broad SMARTS) is 1. The molecular weight excluding hydrogens is 450 g/mol. The molecule has 0 saturated heterocycles. The Kier molecular flexibility index (Phi) is 6.75. The van der Waals surface area contributed by atoms with Crippen molar-refractivity contribution in [1.82, 2.24) is 5.16 Å². The fourth-order valence-corrected chi connectivity index (χ4v) is 4.86. The van der Waals surface area contributed by atoms with Crippen LogP contribution in [0.5, 0.6) is 0 Å². The Labute approximate surface area is 211 Å². The van der Waals surface area contributed by atoms with Gasteiger partial charge in [-0.2, -0.15) is 0 Å². The van der Waals surface area contributed by atoms with Crippen LogP contribution in [0.15, 0.2) is 83.4 Å². The number of aliphatic hydroxyl groups is 1. The lowest BCUT2D eigenvalue weighted by Crippen LogP contribution is -2.17. The van der Waals surface area contributed by atoms with Crippen molar-refractivity contribution in [3.8, 4) is 22.5 Å². The molecule has 184 valence electrons. The molecule has 0 aliphatic heterocycles. The molecule has 36 heavy (non-hydrogen) atoms. The van der Waals surface area contributed by atoms with Crippen molar-refractivity contribution in [1.29, 1.82) is 0 Å². The van der Waals surface area contributed by atoms with Crippen LogP contribution in [-0.4, -0.2) is 21.3 Å². The van der Waals surface area contributed by atoms with Gasteiger partial charge in [0, 0.05) is 11.1 Å². The van der Waals surface area contributed by atoms with Gasteiger partial charge in [0.25, 0.3) is 0 Å². The summed E-state index contributed by atoms with van der Waals surface area (Å²) in [5, 5.41) is 24.1. The number of hydrogen-bond acceptors (Lipinski definition) is 4. The second-order valence-electron chi connectivity index (χ2n) is 9.93. The van der Waals surface area contributed by atoms with E-state index in [9.17, 15) is 15.0 Å². The smallest absolute Gasteiger partial charge is 0.309 e. The van der Waals surface area contributed by atoms with Gasteiger partial charge in [0.2, 0.25) is 0 Å². The third kappa shape index (κ3) is 5.12. The zero-order chi connectivity index (χ0) is 25.1. The maximum atomic E-state index is 11.5. The molecule has 1 aromatic heterocycles. The third-order valence-electron chi connectivity index (χ3n) is 7.36. The Morgan fingerprint density at radius 2 is 1.56 bits per heavy atom. The molecule has 1 saturated carbocycles. The van der Waals surface area contributed by atoms with Gasteiger partial charge in [-0.15, -0.1) is 0 Å². The molecular formula is C31H31NO4. The van der Waals surface area contributed by atoms with Crippen LogP contribution in [0, 0.1) is 12.3 Å². The maximum absolute atomic E-state index is 11.5. The quantitative estimate of drug-likeness (QED) is 0.261. The van der Waals surface area contributed by atoms with E-state index in [0.29, 0.717) is 12.8 Å². The summed E-state index contributed by atoms with van der Waals surface area (Å²) >= 11 is 0. The summed E-state index contributed by atoms with van der Waals surface area (Å²) < 4.78 is 5.70. The highest BCUT2D eigenvalue weighted by molar-refractivity contribution is 5.78. The van der Waals surface area contributed by atoms with Gasteiger partial charge < -0.3 is 14.7 Å². The van der Waals surface area contributed by atoms with E-state index in [-0.39, 0.29) is 0 Å². The standard InChI is InChI=1S/C31H31NO4/c1-21-27(8-5-9-28(33)25-6-3-2-4-7-25)29(36-32-21)26-16-14-24(15-17-26)23-12-10-22(11-13-23)20-31(18-19-31)30(34)35/h2-4,6-7,10-17,28,33H,5,8-9,18-20H2,1H3,(H,34,35). The van der Waals surface area contributed by atoms with Gasteiger partial charge in [-0.1, -0.05) is 84.0 Å². The molecule has 0 radical (unpaired) electrons. The Morgan fingerprint density at radius 1 is 0.944 bits per heavy atom. The molecule has 2 N–H and O–H groups in total. The van der Waals surface area contributed by atoms with E-state index in [2.05, 4.69) is 41.6 Å². The summed E-state index contributed by atoms with van der Waals surface area (Å²) in [7, 11) is 0. The Balaban J connectivity index is 1.24. The first-order valence-electron chi connectivity index (χ1n) is 12.6. The van der Waals surface area contributed by atoms with E-state index >= 15 is 0 Å². The van der Waals surface area contributed by atoms with Crippen molar-refractivity contribution in [2.75, 3.05) is 0 Å². The van der Waals surface area contributed by atoms with E-state index in [1.165, 1.54) is 0 Å². The fraction of sp³-hybridized carbons (Fsp3) is 0.290. The van der Waals surface area contributed by atoms with Gasteiger partial charge in [-0.3, -0.25) is 4.79 Å². The summed E-state index contributed by atoms with van der Waals surface area (Å²) in [5.41, 5.74) is 6.59. The number of hydrogen-bond donors (Lipinski definition) is 2. The average molecular weight is 482 g/mol. The van der Waals surface area contributed by atoms with Gasteiger partial charge in [0.15, 0.2) is 5.76 Å². The van der Waals surface area contributed by atoms with Gasteiger partial charge in [-0.25, -0.2) is 0 Å². The number of aromatic nitrogens is 1. The van der Waals surface area contributed by atoms with Gasteiger partial charge in [-0.05, 0) is 67.7 Å². The molecule has 4 aromatic rings. The second-order valence-corrected chi connectivity index (χ2v) is 9.93. The lowest BCUT2D eigenvalue weighted by molar-refractivity contribution is -0.143. The van der Waals surface area contributed by atoms with Crippen molar-refractivity contribution < 1.29 is 19.5 Å². The van der Waals surface area contributed by atoms with Gasteiger partial charge >= 0.3 is 5.97 Å². The van der Waals surface area contributed by atoms with Crippen molar-refractivity contribution >= 4 is 5.97 Å². The van der Waals surface area contributed by atoms with E-state index in [4.69, 9.17) is 4.52 Å². The second kappa shape index (κ2) is 10.1. The molecule has 1 aliphatic rings. The number of benzene rings is 3. The lowest BCUT2D eigenvalue weighted by Gasteiger charge is -2.11. The number of nitrogens with zero attached hydrogens (tertiary/aromatic N) is 1. The number of rotatable bonds is 10. The largest absolute Gasteiger partial charge is 0.481 e. The summed E-state index contributed by atoms with van der Waals surface area (Å²) in [6.45, 7) is 1.96. The van der Waals surface area contributed by atoms with Gasteiger partial charge in [0.05, 0.1) is 17.2 Å². The van der Waals surface area contributed by atoms with Crippen LogP contribution in [0.3, 0.4) is 0 Å². The summed E-state index contributed by atoms with van der Waals surface area (Å²) in [4.78, 5) is 11.5. The first-order chi connectivity index (χ1) is 17.4. The average Bonchev–Trinajstić information content (AvgIpc) is 3.61. The minimum absolute atomic E-state index is 0.473. The molecule has 3 aromatic carbocycles.